The Bertz CT molecular complexity index is 667. The van der Waals surface area contributed by atoms with Crippen LogP contribution in [0.15, 0.2) is 35.1 Å². The van der Waals surface area contributed by atoms with Gasteiger partial charge in [0.2, 0.25) is 0 Å². The molecule has 2 rings (SSSR count). The molecule has 0 aliphatic heterocycles. The molecule has 0 fully saturated rings. The molecule has 0 saturated heterocycles. The zero-order valence-corrected chi connectivity index (χ0v) is 12.2. The Labute approximate surface area is 123 Å². The second kappa shape index (κ2) is 5.87. The van der Waals surface area contributed by atoms with E-state index in [4.69, 9.17) is 5.11 Å². The van der Waals surface area contributed by atoms with Gasteiger partial charge < -0.3 is 10.4 Å². The number of aromatic nitrogens is 2. The molecule has 1 aromatic heterocycles. The second-order valence-corrected chi connectivity index (χ2v) is 5.09. The minimum atomic E-state index is -0.992. The van der Waals surface area contributed by atoms with Crippen molar-refractivity contribution in [3.63, 3.8) is 0 Å². The van der Waals surface area contributed by atoms with Crippen molar-refractivity contribution < 1.29 is 14.7 Å². The van der Waals surface area contributed by atoms with Crippen LogP contribution >= 0.6 is 15.9 Å². The van der Waals surface area contributed by atoms with Crippen LogP contribution in [-0.2, 0) is 11.3 Å². The van der Waals surface area contributed by atoms with Gasteiger partial charge in [0.1, 0.15) is 6.54 Å². The number of aryl methyl sites for hydroxylation is 1. The molecule has 0 atom stereocenters. The third kappa shape index (κ3) is 3.45. The number of nitrogens with zero attached hydrogens (tertiary/aromatic N) is 2. The molecule has 1 amide bonds. The van der Waals surface area contributed by atoms with Crippen LogP contribution in [0.1, 0.15) is 15.9 Å². The van der Waals surface area contributed by atoms with E-state index in [9.17, 15) is 9.59 Å². The highest BCUT2D eigenvalue weighted by Crippen LogP contribution is 2.18. The summed E-state index contributed by atoms with van der Waals surface area (Å²) in [5.41, 5.74) is 2.00. The van der Waals surface area contributed by atoms with Crippen LogP contribution in [0.4, 0.5) is 5.69 Å². The van der Waals surface area contributed by atoms with Crippen LogP contribution in [0.25, 0.3) is 0 Å². The SMILES string of the molecule is Cc1ccc(C(=O)Nc2cnn(CC(=O)O)c2)cc1Br. The molecule has 1 heterocycles. The molecule has 0 unspecified atom stereocenters. The number of carboxylic acids is 1. The van der Waals surface area contributed by atoms with E-state index < -0.39 is 5.97 Å². The molecule has 0 aliphatic rings. The molecule has 0 spiro atoms. The molecule has 0 radical (unpaired) electrons. The lowest BCUT2D eigenvalue weighted by Crippen LogP contribution is -2.12. The third-order valence-corrected chi connectivity index (χ3v) is 3.48. The van der Waals surface area contributed by atoms with Crippen molar-refractivity contribution >= 4 is 33.5 Å². The number of rotatable bonds is 4. The molecule has 1 aromatic carbocycles. The van der Waals surface area contributed by atoms with E-state index in [1.165, 1.54) is 17.1 Å². The lowest BCUT2D eigenvalue weighted by Gasteiger charge is -2.04. The summed E-state index contributed by atoms with van der Waals surface area (Å²) in [5, 5.41) is 15.1. The number of benzene rings is 1. The number of halogens is 1. The third-order valence-electron chi connectivity index (χ3n) is 2.62. The fourth-order valence-corrected chi connectivity index (χ4v) is 1.97. The quantitative estimate of drug-likeness (QED) is 0.896. The predicted molar refractivity (Wildman–Crippen MR) is 76.7 cm³/mol. The van der Waals surface area contributed by atoms with E-state index in [0.29, 0.717) is 11.3 Å². The zero-order chi connectivity index (χ0) is 14.7. The molecular weight excluding hydrogens is 326 g/mol. The topological polar surface area (TPSA) is 84.2 Å². The van der Waals surface area contributed by atoms with Gasteiger partial charge in [0.05, 0.1) is 11.9 Å². The van der Waals surface area contributed by atoms with Crippen LogP contribution in [0.5, 0.6) is 0 Å². The van der Waals surface area contributed by atoms with Gasteiger partial charge in [-0.05, 0) is 24.6 Å². The van der Waals surface area contributed by atoms with Crippen LogP contribution in [0.3, 0.4) is 0 Å². The number of carbonyl (C=O) groups is 2. The maximum atomic E-state index is 12.0. The van der Waals surface area contributed by atoms with Crippen LogP contribution in [0, 0.1) is 6.92 Å². The highest BCUT2D eigenvalue weighted by Gasteiger charge is 2.09. The Morgan fingerprint density at radius 1 is 1.45 bits per heavy atom. The van der Waals surface area contributed by atoms with Gasteiger partial charge in [-0.1, -0.05) is 22.0 Å². The predicted octanol–water partition coefficient (Wildman–Crippen LogP) is 2.29. The highest BCUT2D eigenvalue weighted by atomic mass is 79.9. The first-order chi connectivity index (χ1) is 9.45. The van der Waals surface area contributed by atoms with Crippen molar-refractivity contribution in [3.8, 4) is 0 Å². The van der Waals surface area contributed by atoms with Gasteiger partial charge in [-0.2, -0.15) is 5.10 Å². The van der Waals surface area contributed by atoms with Crippen molar-refractivity contribution in [2.45, 2.75) is 13.5 Å². The lowest BCUT2D eigenvalue weighted by atomic mass is 10.1. The van der Waals surface area contributed by atoms with Crippen molar-refractivity contribution in [2.75, 3.05) is 5.32 Å². The highest BCUT2D eigenvalue weighted by molar-refractivity contribution is 9.10. The van der Waals surface area contributed by atoms with Crippen LogP contribution in [0.2, 0.25) is 0 Å². The normalized spacial score (nSPS) is 10.3. The summed E-state index contributed by atoms with van der Waals surface area (Å²) in [5.74, 6) is -1.27. The smallest absolute Gasteiger partial charge is 0.325 e. The minimum absolute atomic E-state index is 0.244. The van der Waals surface area contributed by atoms with E-state index in [0.717, 1.165) is 10.0 Å². The Morgan fingerprint density at radius 2 is 2.20 bits per heavy atom. The first-order valence-corrected chi connectivity index (χ1v) is 6.57. The number of aliphatic carboxylic acids is 1. The Kier molecular flexibility index (Phi) is 4.19. The fraction of sp³-hybridized carbons (Fsp3) is 0.154. The number of nitrogens with one attached hydrogen (secondary N) is 1. The summed E-state index contributed by atoms with van der Waals surface area (Å²) in [6.45, 7) is 1.69. The van der Waals surface area contributed by atoms with Gasteiger partial charge in [0.25, 0.3) is 5.91 Å². The van der Waals surface area contributed by atoms with Crippen LogP contribution in [-0.4, -0.2) is 26.8 Å². The zero-order valence-electron chi connectivity index (χ0n) is 10.6. The average Bonchev–Trinajstić information content (AvgIpc) is 2.79. The second-order valence-electron chi connectivity index (χ2n) is 4.24. The van der Waals surface area contributed by atoms with Gasteiger partial charge in [0.15, 0.2) is 0 Å². The van der Waals surface area contributed by atoms with Crippen molar-refractivity contribution in [1.29, 1.82) is 0 Å². The standard InChI is InChI=1S/C13H12BrN3O3/c1-8-2-3-9(4-11(8)14)13(20)16-10-5-15-17(6-10)7-12(18)19/h2-6H,7H2,1H3,(H,16,20)(H,18,19). The molecule has 20 heavy (non-hydrogen) atoms. The monoisotopic (exact) mass is 337 g/mol. The Hall–Kier alpha value is -2.15. The first-order valence-electron chi connectivity index (χ1n) is 5.77. The van der Waals surface area contributed by atoms with E-state index in [1.807, 2.05) is 13.0 Å². The number of carboxylic acid groups (broad SMARTS) is 1. The number of carbonyl (C=O) groups excluding carboxylic acids is 1. The van der Waals surface area contributed by atoms with Gasteiger partial charge >= 0.3 is 5.97 Å². The maximum Gasteiger partial charge on any atom is 0.325 e. The summed E-state index contributed by atoms with van der Waals surface area (Å²) in [6.07, 6.45) is 2.87. The Balaban J connectivity index is 2.09. The van der Waals surface area contributed by atoms with Gasteiger partial charge in [0, 0.05) is 16.2 Å². The Morgan fingerprint density at radius 3 is 2.85 bits per heavy atom. The van der Waals surface area contributed by atoms with E-state index in [1.54, 1.807) is 12.1 Å². The largest absolute Gasteiger partial charge is 0.480 e. The molecule has 6 nitrogen and oxygen atoms in total. The van der Waals surface area contributed by atoms with E-state index in [2.05, 4.69) is 26.3 Å². The first kappa shape index (κ1) is 14.3. The number of hydrogen-bond donors (Lipinski definition) is 2. The fourth-order valence-electron chi connectivity index (χ4n) is 1.59. The lowest BCUT2D eigenvalue weighted by molar-refractivity contribution is -0.137. The van der Waals surface area contributed by atoms with E-state index in [-0.39, 0.29) is 12.5 Å². The molecule has 2 N–H and O–H groups in total. The average molecular weight is 338 g/mol. The summed E-state index contributed by atoms with van der Waals surface area (Å²) >= 11 is 3.37. The molecule has 104 valence electrons. The molecule has 0 aliphatic carbocycles. The van der Waals surface area contributed by atoms with Crippen LogP contribution < -0.4 is 5.32 Å². The summed E-state index contributed by atoms with van der Waals surface area (Å²) in [6, 6.07) is 5.29. The minimum Gasteiger partial charge on any atom is -0.480 e. The molecule has 0 saturated carbocycles. The molecule has 7 heteroatoms. The summed E-state index contributed by atoms with van der Waals surface area (Å²) in [7, 11) is 0. The van der Waals surface area contributed by atoms with Gasteiger partial charge in [-0.15, -0.1) is 0 Å². The van der Waals surface area contributed by atoms with Gasteiger partial charge in [-0.3, -0.25) is 14.3 Å². The number of anilines is 1. The molecular formula is C13H12BrN3O3. The van der Waals surface area contributed by atoms with Crippen molar-refractivity contribution in [3.05, 3.63) is 46.2 Å². The van der Waals surface area contributed by atoms with Crippen molar-refractivity contribution in [2.24, 2.45) is 0 Å². The van der Waals surface area contributed by atoms with E-state index >= 15 is 0 Å². The summed E-state index contributed by atoms with van der Waals surface area (Å²) in [4.78, 5) is 22.6. The van der Waals surface area contributed by atoms with Gasteiger partial charge in [-0.25, -0.2) is 0 Å². The summed E-state index contributed by atoms with van der Waals surface area (Å²) < 4.78 is 2.09. The maximum absolute atomic E-state index is 12.0. The van der Waals surface area contributed by atoms with Crippen molar-refractivity contribution in [1.82, 2.24) is 9.78 Å². The number of amides is 1. The number of hydrogen-bond acceptors (Lipinski definition) is 3. The molecule has 0 bridgehead atoms. The molecule has 2 aromatic rings.